The van der Waals surface area contributed by atoms with Gasteiger partial charge in [-0.1, -0.05) is 0 Å². The van der Waals surface area contributed by atoms with Gasteiger partial charge in [-0.15, -0.1) is 0 Å². The maximum Gasteiger partial charge on any atom is 0.328 e. The van der Waals surface area contributed by atoms with Crippen molar-refractivity contribution in [2.45, 2.75) is 11.8 Å². The third-order valence-corrected chi connectivity index (χ3v) is 3.93. The summed E-state index contributed by atoms with van der Waals surface area (Å²) >= 11 is 0. The lowest BCUT2D eigenvalue weighted by atomic mass is 10.2. The molecule has 17 heavy (non-hydrogen) atoms. The first-order chi connectivity index (χ1) is 7.73. The van der Waals surface area contributed by atoms with E-state index in [1.165, 1.54) is 15.2 Å². The number of nitrogens with zero attached hydrogens (tertiary/aromatic N) is 2. The SMILES string of the molecule is Cc1cc2c(cc1S(N)(=O)=O)n(C)c(=O)n2C. The van der Waals surface area contributed by atoms with E-state index in [-0.39, 0.29) is 10.6 Å². The molecule has 0 aliphatic carbocycles. The van der Waals surface area contributed by atoms with Gasteiger partial charge in [0.25, 0.3) is 0 Å². The number of imidazole rings is 1. The van der Waals surface area contributed by atoms with E-state index in [9.17, 15) is 13.2 Å². The lowest BCUT2D eigenvalue weighted by molar-refractivity contribution is 0.597. The van der Waals surface area contributed by atoms with E-state index >= 15 is 0 Å². The van der Waals surface area contributed by atoms with Gasteiger partial charge in [-0.25, -0.2) is 18.4 Å². The predicted molar refractivity (Wildman–Crippen MR) is 64.3 cm³/mol. The average molecular weight is 255 g/mol. The van der Waals surface area contributed by atoms with Gasteiger partial charge in [0.2, 0.25) is 10.0 Å². The number of hydrogen-bond donors (Lipinski definition) is 1. The number of sulfonamides is 1. The second kappa shape index (κ2) is 3.44. The van der Waals surface area contributed by atoms with E-state index < -0.39 is 10.0 Å². The molecule has 0 fully saturated rings. The summed E-state index contributed by atoms with van der Waals surface area (Å²) in [7, 11) is -0.540. The Balaban J connectivity index is 3.01. The summed E-state index contributed by atoms with van der Waals surface area (Å²) in [6.07, 6.45) is 0. The van der Waals surface area contributed by atoms with Gasteiger partial charge in [0, 0.05) is 14.1 Å². The third-order valence-electron chi connectivity index (χ3n) is 2.88. The van der Waals surface area contributed by atoms with Crippen LogP contribution in [-0.4, -0.2) is 17.6 Å². The molecule has 0 unspecified atom stereocenters. The standard InChI is InChI=1S/C10H13N3O3S/c1-6-4-7-8(5-9(6)17(11,15)16)13(3)10(14)12(7)2/h4-5H,1-3H3,(H2,11,15,16). The summed E-state index contributed by atoms with van der Waals surface area (Å²) in [6, 6.07) is 3.08. The number of primary sulfonamides is 1. The Bertz CT molecular complexity index is 768. The molecule has 0 saturated carbocycles. The van der Waals surface area contributed by atoms with Crippen LogP contribution in [0.5, 0.6) is 0 Å². The maximum atomic E-state index is 11.7. The van der Waals surface area contributed by atoms with E-state index in [0.29, 0.717) is 16.6 Å². The molecule has 6 nitrogen and oxygen atoms in total. The second-order valence-corrected chi connectivity index (χ2v) is 5.58. The molecule has 0 saturated heterocycles. The first-order valence-corrected chi connectivity index (χ1v) is 6.47. The number of hydrogen-bond acceptors (Lipinski definition) is 3. The van der Waals surface area contributed by atoms with Crippen molar-refractivity contribution >= 4 is 21.1 Å². The van der Waals surface area contributed by atoms with Crippen LogP contribution in [0, 0.1) is 6.92 Å². The van der Waals surface area contributed by atoms with Gasteiger partial charge in [-0.2, -0.15) is 0 Å². The summed E-state index contributed by atoms with van der Waals surface area (Å²) in [6.45, 7) is 1.65. The number of benzene rings is 1. The number of fused-ring (bicyclic) bond motifs is 1. The Labute approximate surface area is 98.3 Å². The Kier molecular flexibility index (Phi) is 2.41. The van der Waals surface area contributed by atoms with Crippen LogP contribution in [0.1, 0.15) is 5.56 Å². The van der Waals surface area contributed by atoms with Crippen molar-refractivity contribution in [1.82, 2.24) is 9.13 Å². The average Bonchev–Trinajstić information content (AvgIpc) is 2.41. The van der Waals surface area contributed by atoms with Crippen molar-refractivity contribution in [2.24, 2.45) is 19.2 Å². The second-order valence-electron chi connectivity index (χ2n) is 4.05. The molecule has 1 aromatic carbocycles. The Morgan fingerprint density at radius 2 is 1.59 bits per heavy atom. The largest absolute Gasteiger partial charge is 0.328 e. The zero-order chi connectivity index (χ0) is 13.0. The highest BCUT2D eigenvalue weighted by atomic mass is 32.2. The number of aromatic nitrogens is 2. The van der Waals surface area contributed by atoms with Crippen molar-refractivity contribution in [3.05, 3.63) is 28.2 Å². The maximum absolute atomic E-state index is 11.7. The fourth-order valence-corrected chi connectivity index (χ4v) is 2.72. The molecule has 0 radical (unpaired) electrons. The van der Waals surface area contributed by atoms with Crippen LogP contribution in [0.4, 0.5) is 0 Å². The molecule has 1 heterocycles. The van der Waals surface area contributed by atoms with Crippen molar-refractivity contribution in [3.8, 4) is 0 Å². The highest BCUT2D eigenvalue weighted by Crippen LogP contribution is 2.21. The molecule has 92 valence electrons. The van der Waals surface area contributed by atoms with Crippen LogP contribution >= 0.6 is 0 Å². The molecule has 0 amide bonds. The van der Waals surface area contributed by atoms with E-state index in [2.05, 4.69) is 0 Å². The number of aryl methyl sites for hydroxylation is 3. The molecule has 2 aromatic rings. The molecular formula is C10H13N3O3S. The first-order valence-electron chi connectivity index (χ1n) is 4.92. The number of rotatable bonds is 1. The molecule has 0 aliphatic rings. The van der Waals surface area contributed by atoms with Crippen LogP contribution in [0.3, 0.4) is 0 Å². The zero-order valence-electron chi connectivity index (χ0n) is 9.76. The molecule has 0 spiro atoms. The number of nitrogens with two attached hydrogens (primary N) is 1. The molecule has 2 N–H and O–H groups in total. The minimum atomic E-state index is -3.77. The normalized spacial score (nSPS) is 12.2. The molecule has 0 atom stereocenters. The van der Waals surface area contributed by atoms with Gasteiger partial charge in [0.05, 0.1) is 15.9 Å². The van der Waals surface area contributed by atoms with E-state index in [4.69, 9.17) is 5.14 Å². The van der Waals surface area contributed by atoms with Gasteiger partial charge in [-0.3, -0.25) is 9.13 Å². The Hall–Kier alpha value is -1.60. The molecule has 0 bridgehead atoms. The molecular weight excluding hydrogens is 242 g/mol. The summed E-state index contributed by atoms with van der Waals surface area (Å²) in [5.74, 6) is 0. The summed E-state index contributed by atoms with van der Waals surface area (Å²) < 4.78 is 25.6. The Morgan fingerprint density at radius 3 is 2.06 bits per heavy atom. The summed E-state index contributed by atoms with van der Waals surface area (Å²) in [5, 5.41) is 5.12. The minimum Gasteiger partial charge on any atom is -0.295 e. The summed E-state index contributed by atoms with van der Waals surface area (Å²) in [5.41, 5.74) is 1.56. The molecule has 2 rings (SSSR count). The van der Waals surface area contributed by atoms with Gasteiger partial charge >= 0.3 is 5.69 Å². The molecule has 7 heteroatoms. The van der Waals surface area contributed by atoms with E-state index in [0.717, 1.165) is 0 Å². The van der Waals surface area contributed by atoms with Crippen LogP contribution in [-0.2, 0) is 24.1 Å². The van der Waals surface area contributed by atoms with Gasteiger partial charge in [0.1, 0.15) is 0 Å². The predicted octanol–water partition coefficient (Wildman–Crippen LogP) is -0.167. The van der Waals surface area contributed by atoms with Gasteiger partial charge in [0.15, 0.2) is 0 Å². The van der Waals surface area contributed by atoms with Crippen molar-refractivity contribution < 1.29 is 8.42 Å². The van der Waals surface area contributed by atoms with Gasteiger partial charge < -0.3 is 0 Å². The fraction of sp³-hybridized carbons (Fsp3) is 0.300. The first kappa shape index (κ1) is 11.9. The van der Waals surface area contributed by atoms with E-state index in [1.54, 1.807) is 27.1 Å². The van der Waals surface area contributed by atoms with E-state index in [1.807, 2.05) is 0 Å². The minimum absolute atomic E-state index is 0.0474. The molecule has 1 aromatic heterocycles. The van der Waals surface area contributed by atoms with Crippen LogP contribution < -0.4 is 10.8 Å². The van der Waals surface area contributed by atoms with Crippen molar-refractivity contribution in [2.75, 3.05) is 0 Å². The lowest BCUT2D eigenvalue weighted by Crippen LogP contribution is -2.19. The monoisotopic (exact) mass is 255 g/mol. The quantitative estimate of drug-likeness (QED) is 0.767. The Morgan fingerprint density at radius 1 is 1.12 bits per heavy atom. The zero-order valence-corrected chi connectivity index (χ0v) is 10.6. The summed E-state index contributed by atoms with van der Waals surface area (Å²) in [4.78, 5) is 11.8. The smallest absolute Gasteiger partial charge is 0.295 e. The topological polar surface area (TPSA) is 87.1 Å². The van der Waals surface area contributed by atoms with Crippen molar-refractivity contribution in [3.63, 3.8) is 0 Å². The van der Waals surface area contributed by atoms with Gasteiger partial charge in [-0.05, 0) is 24.6 Å². The third kappa shape index (κ3) is 1.67. The highest BCUT2D eigenvalue weighted by molar-refractivity contribution is 7.89. The van der Waals surface area contributed by atoms with Crippen molar-refractivity contribution in [1.29, 1.82) is 0 Å². The molecule has 0 aliphatic heterocycles. The van der Waals surface area contributed by atoms with Crippen LogP contribution in [0.2, 0.25) is 0 Å². The van der Waals surface area contributed by atoms with Crippen LogP contribution in [0.25, 0.3) is 11.0 Å². The van der Waals surface area contributed by atoms with Crippen LogP contribution in [0.15, 0.2) is 21.8 Å². The fourth-order valence-electron chi connectivity index (χ4n) is 1.94. The lowest BCUT2D eigenvalue weighted by Gasteiger charge is -2.04. The highest BCUT2D eigenvalue weighted by Gasteiger charge is 2.16.